The lowest BCUT2D eigenvalue weighted by Gasteiger charge is -2.19. The monoisotopic (exact) mass is 304 g/mol. The molecule has 0 saturated heterocycles. The molecule has 0 aliphatic rings. The molecule has 1 N–H and O–H groups in total. The van der Waals surface area contributed by atoms with Gasteiger partial charge in [-0.25, -0.2) is 9.97 Å². The van der Waals surface area contributed by atoms with E-state index in [1.165, 1.54) is 5.56 Å². The number of rotatable bonds is 7. The lowest BCUT2D eigenvalue weighted by Crippen LogP contribution is -2.23. The highest BCUT2D eigenvalue weighted by atomic mass is 35.5. The van der Waals surface area contributed by atoms with E-state index in [0.29, 0.717) is 0 Å². The summed E-state index contributed by atoms with van der Waals surface area (Å²) >= 11 is 5.88. The average Bonchev–Trinajstić information content (AvgIpc) is 2.51. The lowest BCUT2D eigenvalue weighted by molar-refractivity contribution is 0.841. The topological polar surface area (TPSA) is 41.0 Å². The van der Waals surface area contributed by atoms with Crippen molar-refractivity contribution in [1.82, 2.24) is 9.97 Å². The Morgan fingerprint density at radius 1 is 1.10 bits per heavy atom. The second-order valence-electron chi connectivity index (χ2n) is 4.74. The number of anilines is 2. The number of hydrogen-bond donors (Lipinski definition) is 1. The predicted octanol–water partition coefficient (Wildman–Crippen LogP) is 3.63. The standard InChI is InChI=1S/C16H21ClN4/c1-3-21(4-2)16-11-15(19-12-20-16)18-10-9-13-5-7-14(17)8-6-13/h5-8,11-12H,3-4,9-10H2,1-2H3,(H,18,19,20). The summed E-state index contributed by atoms with van der Waals surface area (Å²) in [6.45, 7) is 6.96. The normalized spacial score (nSPS) is 10.4. The first-order valence-electron chi connectivity index (χ1n) is 7.28. The van der Waals surface area contributed by atoms with Gasteiger partial charge in [0.15, 0.2) is 0 Å². The van der Waals surface area contributed by atoms with E-state index in [2.05, 4.69) is 34.0 Å². The van der Waals surface area contributed by atoms with Crippen LogP contribution in [0.3, 0.4) is 0 Å². The Morgan fingerprint density at radius 2 is 1.81 bits per heavy atom. The van der Waals surface area contributed by atoms with Crippen LogP contribution in [0.5, 0.6) is 0 Å². The maximum atomic E-state index is 5.88. The van der Waals surface area contributed by atoms with Gasteiger partial charge in [0.25, 0.3) is 0 Å². The zero-order valence-corrected chi connectivity index (χ0v) is 13.3. The molecule has 0 bridgehead atoms. The highest BCUT2D eigenvalue weighted by Crippen LogP contribution is 2.14. The first-order valence-corrected chi connectivity index (χ1v) is 7.66. The van der Waals surface area contributed by atoms with E-state index in [1.54, 1.807) is 6.33 Å². The molecule has 0 amide bonds. The SMILES string of the molecule is CCN(CC)c1cc(NCCc2ccc(Cl)cc2)ncn1. The van der Waals surface area contributed by atoms with Gasteiger partial charge in [0.1, 0.15) is 18.0 Å². The fraction of sp³-hybridized carbons (Fsp3) is 0.375. The number of hydrogen-bond acceptors (Lipinski definition) is 4. The molecule has 1 heterocycles. The molecule has 112 valence electrons. The van der Waals surface area contributed by atoms with E-state index in [-0.39, 0.29) is 0 Å². The first-order chi connectivity index (χ1) is 10.2. The van der Waals surface area contributed by atoms with Crippen LogP contribution in [0, 0.1) is 0 Å². The molecular weight excluding hydrogens is 284 g/mol. The van der Waals surface area contributed by atoms with Gasteiger partial charge >= 0.3 is 0 Å². The fourth-order valence-electron chi connectivity index (χ4n) is 2.15. The van der Waals surface area contributed by atoms with Crippen LogP contribution in [0.25, 0.3) is 0 Å². The molecule has 0 spiro atoms. The van der Waals surface area contributed by atoms with Gasteiger partial charge < -0.3 is 10.2 Å². The Hall–Kier alpha value is -1.81. The van der Waals surface area contributed by atoms with Crippen LogP contribution in [0.2, 0.25) is 5.02 Å². The summed E-state index contributed by atoms with van der Waals surface area (Å²) in [5, 5.41) is 4.11. The van der Waals surface area contributed by atoms with Crippen molar-refractivity contribution in [3.63, 3.8) is 0 Å². The van der Waals surface area contributed by atoms with Gasteiger partial charge in [-0.1, -0.05) is 23.7 Å². The highest BCUT2D eigenvalue weighted by molar-refractivity contribution is 6.30. The van der Waals surface area contributed by atoms with Crippen molar-refractivity contribution < 1.29 is 0 Å². The Bertz CT molecular complexity index is 552. The number of nitrogens with zero attached hydrogens (tertiary/aromatic N) is 3. The van der Waals surface area contributed by atoms with E-state index >= 15 is 0 Å². The van der Waals surface area contributed by atoms with Crippen molar-refractivity contribution in [3.8, 4) is 0 Å². The zero-order valence-electron chi connectivity index (χ0n) is 12.5. The summed E-state index contributed by atoms with van der Waals surface area (Å²) in [4.78, 5) is 10.8. The maximum Gasteiger partial charge on any atom is 0.134 e. The van der Waals surface area contributed by atoms with E-state index in [4.69, 9.17) is 11.6 Å². The van der Waals surface area contributed by atoms with Crippen LogP contribution in [-0.2, 0) is 6.42 Å². The number of nitrogens with one attached hydrogen (secondary N) is 1. The summed E-state index contributed by atoms with van der Waals surface area (Å²) in [5.41, 5.74) is 1.25. The average molecular weight is 305 g/mol. The van der Waals surface area contributed by atoms with Crippen LogP contribution >= 0.6 is 11.6 Å². The molecule has 0 saturated carbocycles. The summed E-state index contributed by atoms with van der Waals surface area (Å²) in [7, 11) is 0. The van der Waals surface area contributed by atoms with Crippen LogP contribution in [0.1, 0.15) is 19.4 Å². The largest absolute Gasteiger partial charge is 0.370 e. The minimum absolute atomic E-state index is 0.770. The molecule has 2 aromatic rings. The Morgan fingerprint density at radius 3 is 2.48 bits per heavy atom. The molecule has 1 aromatic carbocycles. The third kappa shape index (κ3) is 4.60. The van der Waals surface area contributed by atoms with Gasteiger partial charge in [-0.2, -0.15) is 0 Å². The molecule has 0 aliphatic heterocycles. The third-order valence-corrected chi connectivity index (χ3v) is 3.63. The van der Waals surface area contributed by atoms with Gasteiger partial charge in [-0.15, -0.1) is 0 Å². The second kappa shape index (κ2) is 7.84. The quantitative estimate of drug-likeness (QED) is 0.848. The molecule has 0 fully saturated rings. The Labute approximate surface area is 131 Å². The number of aromatic nitrogens is 2. The lowest BCUT2D eigenvalue weighted by atomic mass is 10.1. The molecule has 5 heteroatoms. The molecule has 0 radical (unpaired) electrons. The number of halogens is 1. The smallest absolute Gasteiger partial charge is 0.134 e. The minimum atomic E-state index is 0.770. The van der Waals surface area contributed by atoms with E-state index in [1.807, 2.05) is 30.3 Å². The summed E-state index contributed by atoms with van der Waals surface area (Å²) < 4.78 is 0. The molecule has 21 heavy (non-hydrogen) atoms. The number of benzene rings is 1. The van der Waals surface area contributed by atoms with Crippen LogP contribution < -0.4 is 10.2 Å². The Balaban J connectivity index is 1.91. The van der Waals surface area contributed by atoms with Crippen LogP contribution in [0.4, 0.5) is 11.6 Å². The van der Waals surface area contributed by atoms with E-state index in [0.717, 1.165) is 42.7 Å². The molecule has 0 aliphatic carbocycles. The first kappa shape index (κ1) is 15.6. The van der Waals surface area contributed by atoms with Crippen LogP contribution in [-0.4, -0.2) is 29.6 Å². The van der Waals surface area contributed by atoms with Crippen molar-refractivity contribution in [2.45, 2.75) is 20.3 Å². The van der Waals surface area contributed by atoms with Gasteiger partial charge in [-0.3, -0.25) is 0 Å². The van der Waals surface area contributed by atoms with E-state index in [9.17, 15) is 0 Å². The molecule has 4 nitrogen and oxygen atoms in total. The van der Waals surface area contributed by atoms with Crippen LogP contribution in [0.15, 0.2) is 36.7 Å². The zero-order chi connectivity index (χ0) is 15.1. The summed E-state index contributed by atoms with van der Waals surface area (Å²) in [5.74, 6) is 1.82. The molecule has 2 rings (SSSR count). The van der Waals surface area contributed by atoms with Crippen molar-refractivity contribution in [1.29, 1.82) is 0 Å². The highest BCUT2D eigenvalue weighted by Gasteiger charge is 2.04. The fourth-order valence-corrected chi connectivity index (χ4v) is 2.28. The van der Waals surface area contributed by atoms with Crippen molar-refractivity contribution >= 4 is 23.2 Å². The Kier molecular flexibility index (Phi) is 5.81. The molecule has 1 aromatic heterocycles. The van der Waals surface area contributed by atoms with Gasteiger partial charge in [0, 0.05) is 30.7 Å². The maximum absolute atomic E-state index is 5.88. The van der Waals surface area contributed by atoms with E-state index < -0.39 is 0 Å². The molecular formula is C16H21ClN4. The minimum Gasteiger partial charge on any atom is -0.370 e. The predicted molar refractivity (Wildman–Crippen MR) is 89.2 cm³/mol. The van der Waals surface area contributed by atoms with Gasteiger partial charge in [-0.05, 0) is 38.0 Å². The van der Waals surface area contributed by atoms with Gasteiger partial charge in [0.05, 0.1) is 0 Å². The van der Waals surface area contributed by atoms with Crippen molar-refractivity contribution in [3.05, 3.63) is 47.2 Å². The third-order valence-electron chi connectivity index (χ3n) is 3.37. The molecule has 0 atom stereocenters. The van der Waals surface area contributed by atoms with Crippen molar-refractivity contribution in [2.75, 3.05) is 29.9 Å². The molecule has 0 unspecified atom stereocenters. The summed E-state index contributed by atoms with van der Waals surface area (Å²) in [6, 6.07) is 9.92. The second-order valence-corrected chi connectivity index (χ2v) is 5.17. The van der Waals surface area contributed by atoms with Crippen molar-refractivity contribution in [2.24, 2.45) is 0 Å². The summed E-state index contributed by atoms with van der Waals surface area (Å²) in [6.07, 6.45) is 2.54. The van der Waals surface area contributed by atoms with Gasteiger partial charge in [0.2, 0.25) is 0 Å².